The summed E-state index contributed by atoms with van der Waals surface area (Å²) in [6, 6.07) is 4.46. The lowest BCUT2D eigenvalue weighted by atomic mass is 10.1. The van der Waals surface area contributed by atoms with Gasteiger partial charge in [-0.2, -0.15) is 0 Å². The van der Waals surface area contributed by atoms with Gasteiger partial charge in [-0.05, 0) is 32.9 Å². The molecule has 0 N–H and O–H groups in total. The van der Waals surface area contributed by atoms with Gasteiger partial charge in [0.05, 0.1) is 4.92 Å². The Balaban J connectivity index is 3.05. The number of benzene rings is 1. The zero-order chi connectivity index (χ0) is 13.0. The summed E-state index contributed by atoms with van der Waals surface area (Å²) < 4.78 is 0. The largest absolute Gasteiger partial charge is 0.339 e. The maximum absolute atomic E-state index is 12.0. The summed E-state index contributed by atoms with van der Waals surface area (Å²) in [6.45, 7) is 6.70. The first kappa shape index (κ1) is 13.2. The van der Waals surface area contributed by atoms with Gasteiger partial charge in [0.1, 0.15) is 0 Å². The molecule has 0 aliphatic heterocycles. The molecule has 1 amide bonds. The summed E-state index contributed by atoms with van der Waals surface area (Å²) in [5.41, 5.74) is 1.05. The molecule has 5 nitrogen and oxygen atoms in total. The second-order valence-electron chi connectivity index (χ2n) is 3.74. The van der Waals surface area contributed by atoms with Gasteiger partial charge in [-0.25, -0.2) is 0 Å². The number of carbonyl (C=O) groups is 1. The summed E-state index contributed by atoms with van der Waals surface area (Å²) in [6.07, 6.45) is 0. The quantitative estimate of drug-likeness (QED) is 0.595. The summed E-state index contributed by atoms with van der Waals surface area (Å²) in [7, 11) is 0. The average molecular weight is 236 g/mol. The molecule has 0 saturated heterocycles. The van der Waals surface area contributed by atoms with E-state index < -0.39 is 4.92 Å². The van der Waals surface area contributed by atoms with Gasteiger partial charge in [-0.15, -0.1) is 0 Å². The number of nitrogens with zero attached hydrogens (tertiary/aromatic N) is 2. The first-order valence-electron chi connectivity index (χ1n) is 5.55. The minimum atomic E-state index is -0.443. The monoisotopic (exact) mass is 236 g/mol. The van der Waals surface area contributed by atoms with E-state index in [9.17, 15) is 14.9 Å². The Morgan fingerprint density at radius 1 is 1.35 bits per heavy atom. The Morgan fingerprint density at radius 3 is 2.35 bits per heavy atom. The highest BCUT2D eigenvalue weighted by Gasteiger charge is 2.16. The van der Waals surface area contributed by atoms with E-state index in [4.69, 9.17) is 0 Å². The number of amides is 1. The van der Waals surface area contributed by atoms with E-state index >= 15 is 0 Å². The first-order valence-corrected chi connectivity index (χ1v) is 5.55. The van der Waals surface area contributed by atoms with Crippen LogP contribution in [0, 0.1) is 17.0 Å². The third-order valence-corrected chi connectivity index (χ3v) is 2.69. The third-order valence-electron chi connectivity index (χ3n) is 2.69. The van der Waals surface area contributed by atoms with Crippen LogP contribution in [0.2, 0.25) is 0 Å². The van der Waals surface area contributed by atoms with E-state index in [1.807, 2.05) is 13.8 Å². The highest BCUT2D eigenvalue weighted by Crippen LogP contribution is 2.19. The Bertz CT molecular complexity index is 439. The number of rotatable bonds is 4. The van der Waals surface area contributed by atoms with E-state index in [2.05, 4.69) is 0 Å². The lowest BCUT2D eigenvalue weighted by molar-refractivity contribution is -0.385. The van der Waals surface area contributed by atoms with Crippen molar-refractivity contribution in [2.24, 2.45) is 0 Å². The summed E-state index contributed by atoms with van der Waals surface area (Å²) in [4.78, 5) is 23.9. The van der Waals surface area contributed by atoms with Crippen LogP contribution in [0.4, 0.5) is 5.69 Å². The molecule has 5 heteroatoms. The van der Waals surface area contributed by atoms with Crippen LogP contribution in [0.1, 0.15) is 29.8 Å². The van der Waals surface area contributed by atoms with E-state index in [0.29, 0.717) is 24.2 Å². The van der Waals surface area contributed by atoms with E-state index in [1.54, 1.807) is 17.9 Å². The van der Waals surface area contributed by atoms with Gasteiger partial charge in [0.25, 0.3) is 11.6 Å². The first-order chi connectivity index (χ1) is 8.01. The molecule has 0 atom stereocenters. The lowest BCUT2D eigenvalue weighted by Gasteiger charge is -2.18. The van der Waals surface area contributed by atoms with Gasteiger partial charge in [0.15, 0.2) is 0 Å². The van der Waals surface area contributed by atoms with Gasteiger partial charge in [0, 0.05) is 30.3 Å². The minimum Gasteiger partial charge on any atom is -0.339 e. The Hall–Kier alpha value is -1.91. The smallest absolute Gasteiger partial charge is 0.272 e. The number of nitro benzene ring substituents is 1. The number of aryl methyl sites for hydroxylation is 1. The summed E-state index contributed by atoms with van der Waals surface area (Å²) in [5, 5.41) is 10.7. The van der Waals surface area contributed by atoms with E-state index in [-0.39, 0.29) is 11.6 Å². The molecule has 0 fully saturated rings. The highest BCUT2D eigenvalue weighted by molar-refractivity contribution is 5.94. The average Bonchev–Trinajstić information content (AvgIpc) is 2.29. The molecule has 0 aliphatic carbocycles. The van der Waals surface area contributed by atoms with Crippen molar-refractivity contribution >= 4 is 11.6 Å². The van der Waals surface area contributed by atoms with Crippen LogP contribution in [-0.4, -0.2) is 28.8 Å². The van der Waals surface area contributed by atoms with Gasteiger partial charge in [-0.3, -0.25) is 14.9 Å². The third kappa shape index (κ3) is 2.81. The SMILES string of the molecule is CCN(CC)C(=O)c1ccc([N+](=O)[O-])c(C)c1. The molecule has 1 aromatic carbocycles. The second-order valence-corrected chi connectivity index (χ2v) is 3.74. The standard InChI is InChI=1S/C12H16N2O3/c1-4-13(5-2)12(15)10-6-7-11(14(16)17)9(3)8-10/h6-8H,4-5H2,1-3H3. The van der Waals surface area contributed by atoms with Gasteiger partial charge >= 0.3 is 0 Å². The molecule has 0 saturated carbocycles. The Labute approximate surface area is 100 Å². The van der Waals surface area contributed by atoms with Crippen LogP contribution in [-0.2, 0) is 0 Å². The summed E-state index contributed by atoms with van der Waals surface area (Å²) in [5.74, 6) is -0.0898. The fraction of sp³-hybridized carbons (Fsp3) is 0.417. The van der Waals surface area contributed by atoms with E-state index in [1.165, 1.54) is 12.1 Å². The molecule has 92 valence electrons. The maximum atomic E-state index is 12.0. The number of nitro groups is 1. The molecule has 0 radical (unpaired) electrons. The summed E-state index contributed by atoms with van der Waals surface area (Å²) >= 11 is 0. The van der Waals surface area contributed by atoms with Crippen LogP contribution >= 0.6 is 0 Å². The molecule has 0 spiro atoms. The lowest BCUT2D eigenvalue weighted by Crippen LogP contribution is -2.30. The second kappa shape index (κ2) is 5.43. The van der Waals surface area contributed by atoms with Crippen molar-refractivity contribution in [3.05, 3.63) is 39.4 Å². The zero-order valence-electron chi connectivity index (χ0n) is 10.3. The van der Waals surface area contributed by atoms with Crippen molar-refractivity contribution in [2.45, 2.75) is 20.8 Å². The fourth-order valence-electron chi connectivity index (χ4n) is 1.69. The number of carbonyl (C=O) groups excluding carboxylic acids is 1. The zero-order valence-corrected chi connectivity index (χ0v) is 10.3. The Kier molecular flexibility index (Phi) is 4.20. The molecular weight excluding hydrogens is 220 g/mol. The number of hydrogen-bond donors (Lipinski definition) is 0. The normalized spacial score (nSPS) is 10.1. The van der Waals surface area contributed by atoms with Crippen LogP contribution in [0.15, 0.2) is 18.2 Å². The van der Waals surface area contributed by atoms with Crippen LogP contribution in [0.3, 0.4) is 0 Å². The van der Waals surface area contributed by atoms with Crippen LogP contribution < -0.4 is 0 Å². The Morgan fingerprint density at radius 2 is 1.94 bits per heavy atom. The molecule has 1 rings (SSSR count). The van der Waals surface area contributed by atoms with Crippen molar-refractivity contribution < 1.29 is 9.72 Å². The molecule has 0 unspecified atom stereocenters. The maximum Gasteiger partial charge on any atom is 0.272 e. The highest BCUT2D eigenvalue weighted by atomic mass is 16.6. The van der Waals surface area contributed by atoms with Crippen molar-refractivity contribution in [3.8, 4) is 0 Å². The van der Waals surface area contributed by atoms with E-state index in [0.717, 1.165) is 0 Å². The minimum absolute atomic E-state index is 0.0427. The molecule has 1 aromatic rings. The topological polar surface area (TPSA) is 63.5 Å². The molecule has 0 aromatic heterocycles. The number of hydrogen-bond acceptors (Lipinski definition) is 3. The van der Waals surface area contributed by atoms with Crippen molar-refractivity contribution in [1.29, 1.82) is 0 Å². The van der Waals surface area contributed by atoms with Crippen LogP contribution in [0.25, 0.3) is 0 Å². The van der Waals surface area contributed by atoms with Crippen LogP contribution in [0.5, 0.6) is 0 Å². The molecule has 0 heterocycles. The predicted molar refractivity (Wildman–Crippen MR) is 65.1 cm³/mol. The van der Waals surface area contributed by atoms with Gasteiger partial charge in [0.2, 0.25) is 0 Å². The van der Waals surface area contributed by atoms with Crippen molar-refractivity contribution in [3.63, 3.8) is 0 Å². The molecule has 0 bridgehead atoms. The molecule has 17 heavy (non-hydrogen) atoms. The van der Waals surface area contributed by atoms with Crippen molar-refractivity contribution in [2.75, 3.05) is 13.1 Å². The van der Waals surface area contributed by atoms with Crippen molar-refractivity contribution in [1.82, 2.24) is 4.90 Å². The van der Waals surface area contributed by atoms with Gasteiger partial charge < -0.3 is 4.90 Å². The fourth-order valence-corrected chi connectivity index (χ4v) is 1.69. The molecule has 0 aliphatic rings. The molecular formula is C12H16N2O3. The predicted octanol–water partition coefficient (Wildman–Crippen LogP) is 2.39. The van der Waals surface area contributed by atoms with Gasteiger partial charge in [-0.1, -0.05) is 0 Å².